The van der Waals surface area contributed by atoms with Gasteiger partial charge in [0.2, 0.25) is 0 Å². The summed E-state index contributed by atoms with van der Waals surface area (Å²) in [6, 6.07) is 1.43. The summed E-state index contributed by atoms with van der Waals surface area (Å²) in [4.78, 5) is 0. The van der Waals surface area contributed by atoms with E-state index < -0.39 is 0 Å². The Morgan fingerprint density at radius 1 is 1.08 bits per heavy atom. The summed E-state index contributed by atoms with van der Waals surface area (Å²) in [5, 5.41) is 3.67. The van der Waals surface area contributed by atoms with Crippen LogP contribution in [0.5, 0.6) is 0 Å². The normalized spacial score (nSPS) is 32.0. The molecule has 1 nitrogen and oxygen atoms in total. The highest BCUT2D eigenvalue weighted by Crippen LogP contribution is 2.23. The van der Waals surface area contributed by atoms with Gasteiger partial charge in [-0.05, 0) is 18.8 Å². The largest absolute Gasteiger partial charge is 0.312 e. The first-order valence-electron chi connectivity index (χ1n) is 5.46. The zero-order valence-electron chi connectivity index (χ0n) is 8.77. The maximum atomic E-state index is 3.67. The lowest BCUT2D eigenvalue weighted by molar-refractivity contribution is 0.335. The lowest BCUT2D eigenvalue weighted by atomic mass is 9.96. The van der Waals surface area contributed by atoms with Gasteiger partial charge in [-0.1, -0.05) is 40.0 Å². The van der Waals surface area contributed by atoms with Gasteiger partial charge in [-0.25, -0.2) is 0 Å². The molecule has 2 unspecified atom stereocenters. The number of rotatable bonds is 2. The molecule has 12 heavy (non-hydrogen) atoms. The van der Waals surface area contributed by atoms with Crippen molar-refractivity contribution in [3.05, 3.63) is 0 Å². The summed E-state index contributed by atoms with van der Waals surface area (Å²) in [7, 11) is 0. The Morgan fingerprint density at radius 2 is 1.75 bits per heavy atom. The minimum atomic E-state index is 0.649. The molecular formula is C11H23N. The Labute approximate surface area is 76.9 Å². The van der Waals surface area contributed by atoms with Crippen molar-refractivity contribution in [1.82, 2.24) is 5.32 Å². The first-order valence-corrected chi connectivity index (χ1v) is 5.46. The summed E-state index contributed by atoms with van der Waals surface area (Å²) in [6.07, 6.45) is 7.12. The fourth-order valence-corrected chi connectivity index (χ4v) is 2.17. The van der Waals surface area contributed by atoms with E-state index in [1.54, 1.807) is 0 Å². The fraction of sp³-hybridized carbons (Fsp3) is 1.00. The van der Waals surface area contributed by atoms with E-state index in [1.807, 2.05) is 0 Å². The van der Waals surface area contributed by atoms with Crippen molar-refractivity contribution in [3.63, 3.8) is 0 Å². The van der Waals surface area contributed by atoms with Crippen molar-refractivity contribution >= 4 is 0 Å². The quantitative estimate of drug-likeness (QED) is 0.627. The van der Waals surface area contributed by atoms with Gasteiger partial charge in [0.05, 0.1) is 0 Å². The fourth-order valence-electron chi connectivity index (χ4n) is 2.17. The van der Waals surface area contributed by atoms with E-state index in [0.29, 0.717) is 6.04 Å². The molecule has 0 heterocycles. The molecule has 0 spiro atoms. The van der Waals surface area contributed by atoms with Crippen LogP contribution in [0.1, 0.15) is 52.9 Å². The molecule has 0 aliphatic heterocycles. The molecule has 0 amide bonds. The van der Waals surface area contributed by atoms with Crippen LogP contribution >= 0.6 is 0 Å². The summed E-state index contributed by atoms with van der Waals surface area (Å²) < 4.78 is 0. The number of nitrogens with one attached hydrogen (secondary N) is 1. The second-order valence-corrected chi connectivity index (χ2v) is 4.54. The second kappa shape index (κ2) is 4.86. The summed E-state index contributed by atoms with van der Waals surface area (Å²) >= 11 is 0. The minimum Gasteiger partial charge on any atom is -0.312 e. The highest BCUT2D eigenvalue weighted by molar-refractivity contribution is 4.77. The van der Waals surface area contributed by atoms with Crippen LogP contribution in [-0.2, 0) is 0 Å². The molecule has 1 N–H and O–H groups in total. The van der Waals surface area contributed by atoms with Gasteiger partial charge in [0.25, 0.3) is 0 Å². The highest BCUT2D eigenvalue weighted by Gasteiger charge is 2.19. The Morgan fingerprint density at radius 3 is 2.42 bits per heavy atom. The molecule has 0 radical (unpaired) electrons. The second-order valence-electron chi connectivity index (χ2n) is 4.54. The minimum absolute atomic E-state index is 0.649. The maximum absolute atomic E-state index is 3.67. The highest BCUT2D eigenvalue weighted by atomic mass is 14.9. The van der Waals surface area contributed by atoms with Gasteiger partial charge >= 0.3 is 0 Å². The molecule has 72 valence electrons. The topological polar surface area (TPSA) is 12.0 Å². The number of hydrogen-bond acceptors (Lipinski definition) is 1. The Kier molecular flexibility index (Phi) is 4.07. The third-order valence-electron chi connectivity index (χ3n) is 2.91. The van der Waals surface area contributed by atoms with Crippen LogP contribution in [0.3, 0.4) is 0 Å². The average molecular weight is 169 g/mol. The van der Waals surface area contributed by atoms with E-state index in [0.717, 1.165) is 12.0 Å². The van der Waals surface area contributed by atoms with Gasteiger partial charge in [0.1, 0.15) is 0 Å². The van der Waals surface area contributed by atoms with E-state index in [2.05, 4.69) is 26.1 Å². The molecule has 0 aromatic rings. The van der Waals surface area contributed by atoms with Crippen molar-refractivity contribution < 1.29 is 0 Å². The molecule has 0 aromatic heterocycles. The Bertz CT molecular complexity index is 120. The van der Waals surface area contributed by atoms with Crippen LogP contribution in [0.15, 0.2) is 0 Å². The molecule has 1 aliphatic rings. The predicted octanol–water partition coefficient (Wildman–Crippen LogP) is 2.95. The first-order chi connectivity index (χ1) is 5.70. The van der Waals surface area contributed by atoms with Crippen molar-refractivity contribution in [1.29, 1.82) is 0 Å². The molecule has 0 saturated heterocycles. The third-order valence-corrected chi connectivity index (χ3v) is 2.91. The van der Waals surface area contributed by atoms with Gasteiger partial charge in [-0.3, -0.25) is 0 Å². The smallest absolute Gasteiger partial charge is 0.00950 e. The van der Waals surface area contributed by atoms with Crippen LogP contribution in [0.4, 0.5) is 0 Å². The predicted molar refractivity (Wildman–Crippen MR) is 54.3 cm³/mol. The van der Waals surface area contributed by atoms with Gasteiger partial charge < -0.3 is 5.32 Å². The zero-order valence-corrected chi connectivity index (χ0v) is 8.77. The third kappa shape index (κ3) is 3.14. The van der Waals surface area contributed by atoms with Crippen LogP contribution < -0.4 is 5.32 Å². The molecule has 1 rings (SSSR count). The van der Waals surface area contributed by atoms with E-state index >= 15 is 0 Å². The first kappa shape index (κ1) is 10.0. The molecule has 1 saturated carbocycles. The SMILES string of the molecule is CC(C)NC1CCCCCC1C. The molecule has 2 atom stereocenters. The standard InChI is InChI=1S/C11H23N/c1-9(2)12-11-8-6-4-5-7-10(11)3/h9-12H,4-8H2,1-3H3. The molecular weight excluding hydrogens is 146 g/mol. The van der Waals surface area contributed by atoms with E-state index in [1.165, 1.54) is 32.1 Å². The van der Waals surface area contributed by atoms with E-state index in [-0.39, 0.29) is 0 Å². The summed E-state index contributed by atoms with van der Waals surface area (Å²) in [5.74, 6) is 0.884. The van der Waals surface area contributed by atoms with Crippen molar-refractivity contribution in [3.8, 4) is 0 Å². The lowest BCUT2D eigenvalue weighted by Gasteiger charge is -2.25. The lowest BCUT2D eigenvalue weighted by Crippen LogP contribution is -2.38. The summed E-state index contributed by atoms with van der Waals surface area (Å²) in [6.45, 7) is 6.89. The average Bonchev–Trinajstić information content (AvgIpc) is 2.16. The molecule has 1 fully saturated rings. The van der Waals surface area contributed by atoms with Gasteiger partial charge in [0.15, 0.2) is 0 Å². The maximum Gasteiger partial charge on any atom is 0.00950 e. The van der Waals surface area contributed by atoms with Crippen LogP contribution in [-0.4, -0.2) is 12.1 Å². The number of hydrogen-bond donors (Lipinski definition) is 1. The molecule has 1 heteroatoms. The Hall–Kier alpha value is -0.0400. The van der Waals surface area contributed by atoms with Crippen LogP contribution in [0.25, 0.3) is 0 Å². The van der Waals surface area contributed by atoms with E-state index in [4.69, 9.17) is 0 Å². The zero-order chi connectivity index (χ0) is 8.97. The van der Waals surface area contributed by atoms with E-state index in [9.17, 15) is 0 Å². The van der Waals surface area contributed by atoms with Crippen LogP contribution in [0.2, 0.25) is 0 Å². The molecule has 1 aliphatic carbocycles. The van der Waals surface area contributed by atoms with Crippen LogP contribution in [0, 0.1) is 5.92 Å². The summed E-state index contributed by atoms with van der Waals surface area (Å²) in [5.41, 5.74) is 0. The van der Waals surface area contributed by atoms with Gasteiger partial charge in [-0.2, -0.15) is 0 Å². The monoisotopic (exact) mass is 169 g/mol. The van der Waals surface area contributed by atoms with Crippen molar-refractivity contribution in [2.45, 2.75) is 65.0 Å². The Balaban J connectivity index is 2.36. The molecule has 0 bridgehead atoms. The van der Waals surface area contributed by atoms with Gasteiger partial charge in [-0.15, -0.1) is 0 Å². The van der Waals surface area contributed by atoms with Crippen molar-refractivity contribution in [2.24, 2.45) is 5.92 Å². The molecule has 0 aromatic carbocycles. The van der Waals surface area contributed by atoms with Crippen molar-refractivity contribution in [2.75, 3.05) is 0 Å². The van der Waals surface area contributed by atoms with Gasteiger partial charge in [0, 0.05) is 12.1 Å².